The first-order valence-corrected chi connectivity index (χ1v) is 4.46. The van der Waals surface area contributed by atoms with Crippen molar-refractivity contribution in [1.82, 2.24) is 0 Å². The van der Waals surface area contributed by atoms with Crippen LogP contribution in [-0.2, 0) is 4.79 Å². The van der Waals surface area contributed by atoms with Gasteiger partial charge in [-0.1, -0.05) is 32.0 Å². The molecule has 0 fully saturated rings. The van der Waals surface area contributed by atoms with Crippen molar-refractivity contribution in [1.29, 1.82) is 0 Å². The van der Waals surface area contributed by atoms with Gasteiger partial charge in [-0.3, -0.25) is 4.79 Å². The summed E-state index contributed by atoms with van der Waals surface area (Å²) in [4.78, 5) is 9.96. The molecule has 0 aliphatic carbocycles. The Balaban J connectivity index is 0.000000671. The molecule has 0 saturated heterocycles. The third-order valence-corrected chi connectivity index (χ3v) is 1.40. The van der Waals surface area contributed by atoms with E-state index in [4.69, 9.17) is 4.74 Å². The summed E-state index contributed by atoms with van der Waals surface area (Å²) in [6.45, 7) is 6.07. The summed E-state index contributed by atoms with van der Waals surface area (Å²) in [7, 11) is 0. The van der Waals surface area contributed by atoms with E-state index >= 15 is 0 Å². The molecule has 0 saturated carbocycles. The standard InChI is InChI=1S/C9H10O2.C2H6/c1-8-4-2-3-5-9(8)11-7-6-10;1-2/h2-6H,7H2,1H3;1-2H3. The van der Waals surface area contributed by atoms with E-state index in [0.717, 1.165) is 17.6 Å². The second-order valence-electron chi connectivity index (χ2n) is 2.24. The molecule has 0 spiro atoms. The Kier molecular flexibility index (Phi) is 6.60. The van der Waals surface area contributed by atoms with E-state index in [9.17, 15) is 4.79 Å². The number of aldehydes is 1. The maximum Gasteiger partial charge on any atom is 0.157 e. The molecule has 2 heteroatoms. The fourth-order valence-electron chi connectivity index (χ4n) is 0.842. The third kappa shape index (κ3) is 4.31. The van der Waals surface area contributed by atoms with Gasteiger partial charge in [0.1, 0.15) is 12.4 Å². The molecule has 1 rings (SSSR count). The molecule has 0 amide bonds. The number of para-hydroxylation sites is 1. The summed E-state index contributed by atoms with van der Waals surface area (Å²) in [6.07, 6.45) is 0.742. The number of rotatable bonds is 3. The Morgan fingerprint density at radius 3 is 2.46 bits per heavy atom. The summed E-state index contributed by atoms with van der Waals surface area (Å²) in [5, 5.41) is 0. The second-order valence-corrected chi connectivity index (χ2v) is 2.24. The van der Waals surface area contributed by atoms with Crippen molar-refractivity contribution < 1.29 is 9.53 Å². The maximum atomic E-state index is 9.96. The number of hydrogen-bond donors (Lipinski definition) is 0. The zero-order chi connectivity index (χ0) is 10.1. The maximum absolute atomic E-state index is 9.96. The summed E-state index contributed by atoms with van der Waals surface area (Å²) in [5.74, 6) is 0.777. The topological polar surface area (TPSA) is 26.3 Å². The summed E-state index contributed by atoms with van der Waals surface area (Å²) >= 11 is 0. The van der Waals surface area contributed by atoms with Crippen LogP contribution in [-0.4, -0.2) is 12.9 Å². The van der Waals surface area contributed by atoms with Gasteiger partial charge >= 0.3 is 0 Å². The monoisotopic (exact) mass is 180 g/mol. The number of aryl methyl sites for hydroxylation is 1. The van der Waals surface area contributed by atoms with E-state index in [1.54, 1.807) is 0 Å². The lowest BCUT2D eigenvalue weighted by Crippen LogP contribution is -1.98. The van der Waals surface area contributed by atoms with Gasteiger partial charge in [0, 0.05) is 0 Å². The fourth-order valence-corrected chi connectivity index (χ4v) is 0.842. The van der Waals surface area contributed by atoms with Crippen LogP contribution >= 0.6 is 0 Å². The van der Waals surface area contributed by atoms with E-state index < -0.39 is 0 Å². The molecule has 0 atom stereocenters. The molecule has 0 aliphatic rings. The average molecular weight is 180 g/mol. The van der Waals surface area contributed by atoms with Gasteiger partial charge in [0.05, 0.1) is 0 Å². The Labute approximate surface area is 79.5 Å². The number of carbonyl (C=O) groups excluding carboxylic acids is 1. The predicted molar refractivity (Wildman–Crippen MR) is 54.1 cm³/mol. The zero-order valence-corrected chi connectivity index (χ0v) is 8.41. The third-order valence-electron chi connectivity index (χ3n) is 1.40. The van der Waals surface area contributed by atoms with Crippen molar-refractivity contribution in [2.45, 2.75) is 20.8 Å². The van der Waals surface area contributed by atoms with Crippen molar-refractivity contribution >= 4 is 6.29 Å². The molecule has 0 N–H and O–H groups in total. The fraction of sp³-hybridized carbons (Fsp3) is 0.364. The van der Waals surface area contributed by atoms with E-state index in [-0.39, 0.29) is 6.61 Å². The van der Waals surface area contributed by atoms with Crippen molar-refractivity contribution in [3.05, 3.63) is 29.8 Å². The van der Waals surface area contributed by atoms with Crippen LogP contribution in [0.1, 0.15) is 19.4 Å². The van der Waals surface area contributed by atoms with E-state index in [2.05, 4.69) is 0 Å². The van der Waals surface area contributed by atoms with Crippen molar-refractivity contribution in [2.75, 3.05) is 6.61 Å². The number of benzene rings is 1. The van der Waals surface area contributed by atoms with Crippen LogP contribution in [0.2, 0.25) is 0 Å². The SMILES string of the molecule is CC.Cc1ccccc1OCC=O. The molecule has 0 unspecified atom stereocenters. The Morgan fingerprint density at radius 1 is 1.31 bits per heavy atom. The summed E-state index contributed by atoms with van der Waals surface area (Å²) in [6, 6.07) is 7.61. The Bertz CT molecular complexity index is 244. The van der Waals surface area contributed by atoms with Crippen molar-refractivity contribution in [2.24, 2.45) is 0 Å². The molecule has 0 aromatic heterocycles. The highest BCUT2D eigenvalue weighted by Gasteiger charge is 1.94. The first-order chi connectivity index (χ1) is 6.34. The minimum absolute atomic E-state index is 0.130. The van der Waals surface area contributed by atoms with Gasteiger partial charge in [0.15, 0.2) is 6.29 Å². The molecule has 72 valence electrons. The lowest BCUT2D eigenvalue weighted by atomic mass is 10.2. The lowest BCUT2D eigenvalue weighted by molar-refractivity contribution is -0.109. The first kappa shape index (κ1) is 11.7. The van der Waals surface area contributed by atoms with Crippen LogP contribution in [0, 0.1) is 6.92 Å². The molecule has 1 aromatic rings. The molecule has 0 radical (unpaired) electrons. The molecule has 0 aliphatic heterocycles. The predicted octanol–water partition coefficient (Wildman–Crippen LogP) is 2.60. The molecular weight excluding hydrogens is 164 g/mol. The average Bonchev–Trinajstić information content (AvgIpc) is 2.20. The minimum Gasteiger partial charge on any atom is -0.486 e. The van der Waals surface area contributed by atoms with Gasteiger partial charge in [-0.15, -0.1) is 0 Å². The zero-order valence-electron chi connectivity index (χ0n) is 8.41. The van der Waals surface area contributed by atoms with Crippen LogP contribution in [0.4, 0.5) is 0 Å². The van der Waals surface area contributed by atoms with Crippen LogP contribution < -0.4 is 4.74 Å². The van der Waals surface area contributed by atoms with E-state index in [1.165, 1.54) is 0 Å². The molecule has 0 bridgehead atoms. The molecule has 0 heterocycles. The van der Waals surface area contributed by atoms with Gasteiger partial charge in [0.2, 0.25) is 0 Å². The Hall–Kier alpha value is -1.31. The summed E-state index contributed by atoms with van der Waals surface area (Å²) < 4.78 is 5.12. The normalized spacial score (nSPS) is 8.23. The highest BCUT2D eigenvalue weighted by atomic mass is 16.5. The molecular formula is C11H16O2. The summed E-state index contributed by atoms with van der Waals surface area (Å²) in [5.41, 5.74) is 1.05. The van der Waals surface area contributed by atoms with Crippen molar-refractivity contribution in [3.8, 4) is 5.75 Å². The van der Waals surface area contributed by atoms with Crippen molar-refractivity contribution in [3.63, 3.8) is 0 Å². The van der Waals surface area contributed by atoms with E-state index in [1.807, 2.05) is 45.0 Å². The van der Waals surface area contributed by atoms with E-state index in [0.29, 0.717) is 0 Å². The molecule has 2 nitrogen and oxygen atoms in total. The Morgan fingerprint density at radius 2 is 1.92 bits per heavy atom. The van der Waals surface area contributed by atoms with Crippen LogP contribution in [0.5, 0.6) is 5.75 Å². The highest BCUT2D eigenvalue weighted by Crippen LogP contribution is 2.15. The van der Waals surface area contributed by atoms with Gasteiger partial charge < -0.3 is 4.74 Å². The van der Waals surface area contributed by atoms with Gasteiger partial charge in [0.25, 0.3) is 0 Å². The number of hydrogen-bond acceptors (Lipinski definition) is 2. The lowest BCUT2D eigenvalue weighted by Gasteiger charge is -2.03. The van der Waals surface area contributed by atoms with Crippen LogP contribution in [0.3, 0.4) is 0 Å². The number of ether oxygens (including phenoxy) is 1. The van der Waals surface area contributed by atoms with Gasteiger partial charge in [-0.05, 0) is 18.6 Å². The molecule has 13 heavy (non-hydrogen) atoms. The quantitative estimate of drug-likeness (QED) is 0.668. The largest absolute Gasteiger partial charge is 0.486 e. The number of carbonyl (C=O) groups is 1. The minimum atomic E-state index is 0.130. The highest BCUT2D eigenvalue weighted by molar-refractivity contribution is 5.51. The second kappa shape index (κ2) is 7.35. The van der Waals surface area contributed by atoms with Crippen LogP contribution in [0.25, 0.3) is 0 Å². The van der Waals surface area contributed by atoms with Gasteiger partial charge in [-0.2, -0.15) is 0 Å². The molecule has 1 aromatic carbocycles. The first-order valence-electron chi connectivity index (χ1n) is 4.46. The smallest absolute Gasteiger partial charge is 0.157 e. The van der Waals surface area contributed by atoms with Crippen LogP contribution in [0.15, 0.2) is 24.3 Å². The van der Waals surface area contributed by atoms with Gasteiger partial charge in [-0.25, -0.2) is 0 Å².